The van der Waals surface area contributed by atoms with E-state index in [2.05, 4.69) is 24.3 Å². The first kappa shape index (κ1) is 10.1. The molecular formula is C12H16OS. The third-order valence-electron chi connectivity index (χ3n) is 2.74. The molecule has 2 heteroatoms. The molecule has 0 heterocycles. The van der Waals surface area contributed by atoms with Gasteiger partial charge in [-0.2, -0.15) is 0 Å². The molecule has 0 amide bonds. The highest BCUT2D eigenvalue weighted by atomic mass is 32.2. The standard InChI is InChI=1S/C12H16OS/c13-12(8-4-5-9-12)14-10-11-6-2-1-3-7-11/h1-3,6-7,13H,4-5,8-10H2. The molecule has 1 N–H and O–H groups in total. The maximum Gasteiger partial charge on any atom is 0.110 e. The second kappa shape index (κ2) is 4.37. The average molecular weight is 208 g/mol. The van der Waals surface area contributed by atoms with E-state index >= 15 is 0 Å². The minimum Gasteiger partial charge on any atom is -0.380 e. The van der Waals surface area contributed by atoms with Crippen molar-refractivity contribution in [1.82, 2.24) is 0 Å². The predicted molar refractivity (Wildman–Crippen MR) is 61.2 cm³/mol. The van der Waals surface area contributed by atoms with Gasteiger partial charge >= 0.3 is 0 Å². The van der Waals surface area contributed by atoms with E-state index in [0.717, 1.165) is 18.6 Å². The fourth-order valence-electron chi connectivity index (χ4n) is 1.86. The lowest BCUT2D eigenvalue weighted by Crippen LogP contribution is -2.18. The number of benzene rings is 1. The molecule has 0 spiro atoms. The lowest BCUT2D eigenvalue weighted by atomic mass is 10.2. The summed E-state index contributed by atoms with van der Waals surface area (Å²) in [6.07, 6.45) is 4.28. The third kappa shape index (κ3) is 2.52. The Bertz CT molecular complexity index is 278. The first-order valence-electron chi connectivity index (χ1n) is 5.19. The van der Waals surface area contributed by atoms with Gasteiger partial charge < -0.3 is 5.11 Å². The van der Waals surface area contributed by atoms with Crippen molar-refractivity contribution in [2.75, 3.05) is 0 Å². The van der Waals surface area contributed by atoms with E-state index < -0.39 is 4.93 Å². The van der Waals surface area contributed by atoms with Crippen molar-refractivity contribution in [3.63, 3.8) is 0 Å². The molecule has 76 valence electrons. The molecule has 1 nitrogen and oxygen atoms in total. The van der Waals surface area contributed by atoms with Crippen LogP contribution in [0.15, 0.2) is 30.3 Å². The zero-order valence-corrected chi connectivity index (χ0v) is 9.09. The smallest absolute Gasteiger partial charge is 0.110 e. The van der Waals surface area contributed by atoms with E-state index in [0.29, 0.717) is 0 Å². The summed E-state index contributed by atoms with van der Waals surface area (Å²) in [7, 11) is 0. The van der Waals surface area contributed by atoms with Crippen molar-refractivity contribution in [3.05, 3.63) is 35.9 Å². The first-order chi connectivity index (χ1) is 6.79. The van der Waals surface area contributed by atoms with Crippen LogP contribution in [0.4, 0.5) is 0 Å². The predicted octanol–water partition coefficient (Wildman–Crippen LogP) is 3.18. The Morgan fingerprint density at radius 3 is 2.43 bits per heavy atom. The molecule has 0 aliphatic heterocycles. The van der Waals surface area contributed by atoms with Crippen LogP contribution >= 0.6 is 11.8 Å². The molecule has 1 aliphatic carbocycles. The second-order valence-corrected chi connectivity index (χ2v) is 5.26. The monoisotopic (exact) mass is 208 g/mol. The minimum absolute atomic E-state index is 0.435. The summed E-state index contributed by atoms with van der Waals surface area (Å²) in [6, 6.07) is 10.4. The Hall–Kier alpha value is -0.470. The highest BCUT2D eigenvalue weighted by Gasteiger charge is 2.31. The van der Waals surface area contributed by atoms with Crippen LogP contribution < -0.4 is 0 Å². The van der Waals surface area contributed by atoms with Gasteiger partial charge in [-0.05, 0) is 31.2 Å². The number of thioether (sulfide) groups is 1. The van der Waals surface area contributed by atoms with Crippen LogP contribution in [0.2, 0.25) is 0 Å². The van der Waals surface area contributed by atoms with Crippen LogP contribution in [0.5, 0.6) is 0 Å². The van der Waals surface area contributed by atoms with Crippen LogP contribution in [0.3, 0.4) is 0 Å². The average Bonchev–Trinajstić information content (AvgIpc) is 2.65. The highest BCUT2D eigenvalue weighted by molar-refractivity contribution is 7.99. The van der Waals surface area contributed by atoms with Crippen molar-refractivity contribution >= 4 is 11.8 Å². The molecule has 0 unspecified atom stereocenters. The topological polar surface area (TPSA) is 20.2 Å². The summed E-state index contributed by atoms with van der Waals surface area (Å²) in [4.78, 5) is -0.435. The van der Waals surface area contributed by atoms with Crippen LogP contribution in [0.25, 0.3) is 0 Å². The van der Waals surface area contributed by atoms with Crippen LogP contribution in [-0.2, 0) is 5.75 Å². The van der Waals surface area contributed by atoms with E-state index in [9.17, 15) is 5.11 Å². The lowest BCUT2D eigenvalue weighted by molar-refractivity contribution is 0.145. The van der Waals surface area contributed by atoms with Gasteiger partial charge in [0.2, 0.25) is 0 Å². The van der Waals surface area contributed by atoms with Crippen LogP contribution in [0.1, 0.15) is 31.2 Å². The number of hydrogen-bond acceptors (Lipinski definition) is 2. The van der Waals surface area contributed by atoms with Gasteiger partial charge in [0.25, 0.3) is 0 Å². The third-order valence-corrected chi connectivity index (χ3v) is 4.16. The number of rotatable bonds is 3. The second-order valence-electron chi connectivity index (χ2n) is 3.93. The summed E-state index contributed by atoms with van der Waals surface area (Å²) in [5.74, 6) is 0.928. The van der Waals surface area contributed by atoms with E-state index in [-0.39, 0.29) is 0 Å². The Balaban J connectivity index is 1.88. The van der Waals surface area contributed by atoms with E-state index in [1.165, 1.54) is 18.4 Å². The quantitative estimate of drug-likeness (QED) is 0.770. The number of hydrogen-bond donors (Lipinski definition) is 1. The molecule has 1 saturated carbocycles. The summed E-state index contributed by atoms with van der Waals surface area (Å²) in [5, 5.41) is 10.1. The molecule has 14 heavy (non-hydrogen) atoms. The van der Waals surface area contributed by atoms with Crippen molar-refractivity contribution in [3.8, 4) is 0 Å². The fraction of sp³-hybridized carbons (Fsp3) is 0.500. The molecule has 1 fully saturated rings. The molecule has 2 rings (SSSR count). The molecule has 1 aromatic carbocycles. The van der Waals surface area contributed by atoms with Gasteiger partial charge in [0.1, 0.15) is 4.93 Å². The maximum absolute atomic E-state index is 10.1. The molecular weight excluding hydrogens is 192 g/mol. The number of aliphatic hydroxyl groups is 1. The SMILES string of the molecule is OC1(SCc2ccccc2)CCCC1. The largest absolute Gasteiger partial charge is 0.380 e. The van der Waals surface area contributed by atoms with Gasteiger partial charge in [0.05, 0.1) is 0 Å². The van der Waals surface area contributed by atoms with Gasteiger partial charge in [-0.3, -0.25) is 0 Å². The van der Waals surface area contributed by atoms with E-state index in [4.69, 9.17) is 0 Å². The lowest BCUT2D eigenvalue weighted by Gasteiger charge is -2.21. The zero-order chi connectivity index (χ0) is 9.86. The molecule has 1 aliphatic rings. The Kier molecular flexibility index (Phi) is 3.14. The van der Waals surface area contributed by atoms with Crippen LogP contribution in [-0.4, -0.2) is 10.0 Å². The van der Waals surface area contributed by atoms with Crippen LogP contribution in [0, 0.1) is 0 Å². The molecule has 0 bridgehead atoms. The van der Waals surface area contributed by atoms with Gasteiger partial charge in [-0.1, -0.05) is 30.3 Å². The highest BCUT2D eigenvalue weighted by Crippen LogP contribution is 2.40. The van der Waals surface area contributed by atoms with E-state index in [1.54, 1.807) is 11.8 Å². The van der Waals surface area contributed by atoms with E-state index in [1.807, 2.05) is 6.07 Å². The van der Waals surface area contributed by atoms with Gasteiger partial charge in [-0.15, -0.1) is 11.8 Å². The Morgan fingerprint density at radius 1 is 1.14 bits per heavy atom. The van der Waals surface area contributed by atoms with Gasteiger partial charge in [-0.25, -0.2) is 0 Å². The molecule has 0 saturated heterocycles. The fourth-order valence-corrected chi connectivity index (χ4v) is 3.07. The van der Waals surface area contributed by atoms with Crippen molar-refractivity contribution in [1.29, 1.82) is 0 Å². The summed E-state index contributed by atoms with van der Waals surface area (Å²) in [5.41, 5.74) is 1.30. The summed E-state index contributed by atoms with van der Waals surface area (Å²) >= 11 is 1.69. The Labute approximate surface area is 89.5 Å². The molecule has 0 atom stereocenters. The van der Waals surface area contributed by atoms with Gasteiger partial charge in [0.15, 0.2) is 0 Å². The van der Waals surface area contributed by atoms with Crippen molar-refractivity contribution in [2.24, 2.45) is 0 Å². The molecule has 1 aromatic rings. The minimum atomic E-state index is -0.435. The summed E-state index contributed by atoms with van der Waals surface area (Å²) in [6.45, 7) is 0. The molecule has 0 radical (unpaired) electrons. The van der Waals surface area contributed by atoms with Crippen molar-refractivity contribution in [2.45, 2.75) is 36.4 Å². The zero-order valence-electron chi connectivity index (χ0n) is 8.28. The first-order valence-corrected chi connectivity index (χ1v) is 6.17. The summed E-state index contributed by atoms with van der Waals surface area (Å²) < 4.78 is 0. The maximum atomic E-state index is 10.1. The van der Waals surface area contributed by atoms with Gasteiger partial charge in [0, 0.05) is 5.75 Å². The Morgan fingerprint density at radius 2 is 1.79 bits per heavy atom. The van der Waals surface area contributed by atoms with Crippen molar-refractivity contribution < 1.29 is 5.11 Å². The molecule has 0 aromatic heterocycles. The normalized spacial score (nSPS) is 19.8.